The number of carbonyl (C=O) groups is 1. The first-order chi connectivity index (χ1) is 12.6. The highest BCUT2D eigenvalue weighted by Gasteiger charge is 2.27. The molecule has 26 heavy (non-hydrogen) atoms. The van der Waals surface area contributed by atoms with Crippen molar-refractivity contribution in [3.8, 4) is 0 Å². The van der Waals surface area contributed by atoms with E-state index in [0.717, 1.165) is 11.9 Å². The van der Waals surface area contributed by atoms with Crippen LogP contribution >= 0.6 is 11.8 Å². The maximum absolute atomic E-state index is 12.3. The summed E-state index contributed by atoms with van der Waals surface area (Å²) in [6, 6.07) is 8.02. The van der Waals surface area contributed by atoms with Crippen LogP contribution in [-0.2, 0) is 11.2 Å². The highest BCUT2D eigenvalue weighted by Crippen LogP contribution is 2.31. The summed E-state index contributed by atoms with van der Waals surface area (Å²) in [5.74, 6) is 0.679. The summed E-state index contributed by atoms with van der Waals surface area (Å²) in [5, 5.41) is 4.88. The third-order valence-corrected chi connectivity index (χ3v) is 5.83. The van der Waals surface area contributed by atoms with Crippen molar-refractivity contribution in [2.24, 2.45) is 0 Å². The molecule has 1 unspecified atom stereocenters. The largest absolute Gasteiger partial charge is 0.361 e. The smallest absolute Gasteiger partial charge is 0.257 e. The normalized spacial score (nSPS) is 16.0. The Morgan fingerprint density at radius 1 is 1.42 bits per heavy atom. The molecular weight excluding hydrogens is 348 g/mol. The van der Waals surface area contributed by atoms with Crippen LogP contribution in [0.3, 0.4) is 0 Å². The zero-order valence-electron chi connectivity index (χ0n) is 14.5. The minimum absolute atomic E-state index is 0.0308. The van der Waals surface area contributed by atoms with Gasteiger partial charge in [-0.2, -0.15) is 0 Å². The van der Waals surface area contributed by atoms with E-state index in [1.165, 1.54) is 22.7 Å². The molecule has 0 saturated carbocycles. The molecule has 6 nitrogen and oxygen atoms in total. The predicted molar refractivity (Wildman–Crippen MR) is 103 cm³/mol. The number of nitrogens with one attached hydrogen (secondary N) is 2. The number of para-hydroxylation sites is 1. The number of rotatable bonds is 5. The van der Waals surface area contributed by atoms with Crippen LogP contribution in [0.2, 0.25) is 0 Å². The topological polar surface area (TPSA) is 79.8 Å². The van der Waals surface area contributed by atoms with Crippen LogP contribution in [0.1, 0.15) is 23.6 Å². The zero-order chi connectivity index (χ0) is 18.1. The van der Waals surface area contributed by atoms with Gasteiger partial charge in [0.1, 0.15) is 0 Å². The average molecular weight is 368 g/mol. The molecule has 2 aromatic heterocycles. The molecule has 4 rings (SSSR count). The van der Waals surface area contributed by atoms with Gasteiger partial charge in [-0.25, -0.2) is 4.98 Å². The van der Waals surface area contributed by atoms with Gasteiger partial charge in [0.05, 0.1) is 6.04 Å². The number of H-pyrrole nitrogens is 1. The molecule has 1 aliphatic heterocycles. The number of fused-ring (bicyclic) bond motifs is 2. The Morgan fingerprint density at radius 3 is 3.15 bits per heavy atom. The number of thioether (sulfide) groups is 1. The fourth-order valence-electron chi connectivity index (χ4n) is 3.33. The van der Waals surface area contributed by atoms with Crippen molar-refractivity contribution in [1.82, 2.24) is 19.9 Å². The number of carbonyl (C=O) groups excluding carboxylic acids is 1. The molecule has 0 spiro atoms. The number of aromatic amines is 1. The molecule has 0 aliphatic carbocycles. The second kappa shape index (κ2) is 6.99. The Morgan fingerprint density at radius 2 is 2.27 bits per heavy atom. The predicted octanol–water partition coefficient (Wildman–Crippen LogP) is 2.43. The first kappa shape index (κ1) is 16.9. The summed E-state index contributed by atoms with van der Waals surface area (Å²) in [6.45, 7) is 2.33. The minimum atomic E-state index is -0.122. The van der Waals surface area contributed by atoms with Gasteiger partial charge < -0.3 is 10.3 Å². The minimum Gasteiger partial charge on any atom is -0.361 e. The van der Waals surface area contributed by atoms with Gasteiger partial charge in [0.2, 0.25) is 5.91 Å². The first-order valence-electron chi connectivity index (χ1n) is 8.66. The molecule has 1 amide bonds. The lowest BCUT2D eigenvalue weighted by molar-refractivity contribution is -0.121. The van der Waals surface area contributed by atoms with Crippen molar-refractivity contribution >= 4 is 28.6 Å². The molecule has 7 heteroatoms. The van der Waals surface area contributed by atoms with Gasteiger partial charge in [-0.3, -0.25) is 14.2 Å². The summed E-state index contributed by atoms with van der Waals surface area (Å²) in [4.78, 5) is 32.2. The molecule has 1 aromatic carbocycles. The van der Waals surface area contributed by atoms with E-state index in [4.69, 9.17) is 0 Å². The standard InChI is InChI=1S/C19H20N4O2S/c1-12-9-22-19-23(18(12)25)14(11-26-19)8-17(24)20-7-6-13-10-21-16-5-3-2-4-15(13)16/h2-5,9-10,14,21H,6-8,11H2,1H3,(H,20,24). The van der Waals surface area contributed by atoms with E-state index in [1.807, 2.05) is 24.4 Å². The van der Waals surface area contributed by atoms with Crippen LogP contribution in [0, 0.1) is 6.92 Å². The Balaban J connectivity index is 1.36. The van der Waals surface area contributed by atoms with Gasteiger partial charge in [-0.15, -0.1) is 0 Å². The van der Waals surface area contributed by atoms with Crippen LogP contribution in [0.25, 0.3) is 10.9 Å². The molecule has 2 N–H and O–H groups in total. The van der Waals surface area contributed by atoms with Crippen molar-refractivity contribution in [3.63, 3.8) is 0 Å². The summed E-state index contributed by atoms with van der Waals surface area (Å²) >= 11 is 1.53. The van der Waals surface area contributed by atoms with Gasteiger partial charge in [0.25, 0.3) is 5.56 Å². The quantitative estimate of drug-likeness (QED) is 0.678. The maximum Gasteiger partial charge on any atom is 0.257 e. The van der Waals surface area contributed by atoms with Crippen LogP contribution in [0.5, 0.6) is 0 Å². The highest BCUT2D eigenvalue weighted by molar-refractivity contribution is 7.99. The number of benzene rings is 1. The van der Waals surface area contributed by atoms with Crippen molar-refractivity contribution in [2.75, 3.05) is 12.3 Å². The van der Waals surface area contributed by atoms with Crippen LogP contribution in [-0.4, -0.2) is 32.7 Å². The monoisotopic (exact) mass is 368 g/mol. The van der Waals surface area contributed by atoms with Crippen LogP contribution < -0.4 is 10.9 Å². The second-order valence-electron chi connectivity index (χ2n) is 6.53. The van der Waals surface area contributed by atoms with E-state index in [-0.39, 0.29) is 17.5 Å². The third-order valence-electron chi connectivity index (χ3n) is 4.71. The van der Waals surface area contributed by atoms with Crippen molar-refractivity contribution in [3.05, 3.63) is 58.1 Å². The third kappa shape index (κ3) is 3.14. The van der Waals surface area contributed by atoms with E-state index in [9.17, 15) is 9.59 Å². The number of aryl methyl sites for hydroxylation is 1. The lowest BCUT2D eigenvalue weighted by Crippen LogP contribution is -2.32. The van der Waals surface area contributed by atoms with Gasteiger partial charge >= 0.3 is 0 Å². The number of amides is 1. The number of hydrogen-bond donors (Lipinski definition) is 2. The van der Waals surface area contributed by atoms with Crippen LogP contribution in [0.4, 0.5) is 0 Å². The fraction of sp³-hybridized carbons (Fsp3) is 0.316. The SMILES string of the molecule is Cc1cnc2n(c1=O)C(CC(=O)NCCc1c[nH]c3ccccc13)CS2. The van der Waals surface area contributed by atoms with Gasteiger partial charge in [-0.05, 0) is 25.0 Å². The van der Waals surface area contributed by atoms with Crippen LogP contribution in [0.15, 0.2) is 46.6 Å². The molecular formula is C19H20N4O2S. The number of aromatic nitrogens is 3. The number of hydrogen-bond acceptors (Lipinski definition) is 4. The van der Waals surface area contributed by atoms with E-state index < -0.39 is 0 Å². The lowest BCUT2D eigenvalue weighted by Gasteiger charge is -2.13. The molecule has 0 radical (unpaired) electrons. The Hall–Kier alpha value is -2.54. The summed E-state index contributed by atoms with van der Waals surface area (Å²) in [7, 11) is 0. The fourth-order valence-corrected chi connectivity index (χ4v) is 4.44. The molecule has 1 aliphatic rings. The van der Waals surface area contributed by atoms with Gasteiger partial charge in [-0.1, -0.05) is 30.0 Å². The summed E-state index contributed by atoms with van der Waals surface area (Å²) < 4.78 is 1.67. The molecule has 134 valence electrons. The molecule has 3 heterocycles. The van der Waals surface area contributed by atoms with Crippen molar-refractivity contribution in [2.45, 2.75) is 31.0 Å². The van der Waals surface area contributed by atoms with E-state index >= 15 is 0 Å². The van der Waals surface area contributed by atoms with E-state index in [0.29, 0.717) is 29.4 Å². The maximum atomic E-state index is 12.3. The summed E-state index contributed by atoms with van der Waals surface area (Å²) in [5.41, 5.74) is 2.87. The molecule has 0 saturated heterocycles. The van der Waals surface area contributed by atoms with Crippen molar-refractivity contribution < 1.29 is 4.79 Å². The van der Waals surface area contributed by atoms with E-state index in [2.05, 4.69) is 21.4 Å². The average Bonchev–Trinajstić information content (AvgIpc) is 3.23. The lowest BCUT2D eigenvalue weighted by atomic mass is 10.1. The van der Waals surface area contributed by atoms with Crippen molar-refractivity contribution in [1.29, 1.82) is 0 Å². The Bertz CT molecular complexity index is 1020. The van der Waals surface area contributed by atoms with E-state index in [1.54, 1.807) is 17.7 Å². The van der Waals surface area contributed by atoms with Gasteiger partial charge in [0.15, 0.2) is 5.16 Å². The molecule has 0 fully saturated rings. The van der Waals surface area contributed by atoms with Gasteiger partial charge in [0, 0.05) is 47.6 Å². The highest BCUT2D eigenvalue weighted by atomic mass is 32.2. The summed E-state index contributed by atoms with van der Waals surface area (Å²) in [6.07, 6.45) is 4.67. The Labute approximate surface area is 155 Å². The molecule has 0 bridgehead atoms. The number of nitrogens with zero attached hydrogens (tertiary/aromatic N) is 2. The Kier molecular flexibility index (Phi) is 4.55. The second-order valence-corrected chi connectivity index (χ2v) is 7.51. The zero-order valence-corrected chi connectivity index (χ0v) is 15.3. The molecule has 1 atom stereocenters. The first-order valence-corrected chi connectivity index (χ1v) is 9.64. The molecule has 3 aromatic rings.